The van der Waals surface area contributed by atoms with Crippen LogP contribution in [0.2, 0.25) is 0 Å². The molecule has 0 saturated carbocycles. The van der Waals surface area contributed by atoms with Gasteiger partial charge in [0.05, 0.1) is 5.56 Å². The van der Waals surface area contributed by atoms with Gasteiger partial charge in [-0.2, -0.15) is 0 Å². The van der Waals surface area contributed by atoms with E-state index in [1.807, 2.05) is 89.2 Å². The highest BCUT2D eigenvalue weighted by atomic mass is 19.4. The molecular formula is C37H35F3N2O4. The molecule has 238 valence electrons. The van der Waals surface area contributed by atoms with Crippen LogP contribution >= 0.6 is 0 Å². The number of esters is 1. The number of nitrogens with zero attached hydrogens (tertiary/aromatic N) is 1. The fourth-order valence-corrected chi connectivity index (χ4v) is 5.31. The van der Waals surface area contributed by atoms with Gasteiger partial charge in [0, 0.05) is 35.2 Å². The Labute approximate surface area is 265 Å². The SMILES string of the molecule is Cc1c(C)n(Cc2ccc(-c3ccccc3C(=O)OC(C)(C)C)cc2)c2ccc(C(=O)NCc3ccc(OC(F)(F)F)cc3)cc12. The lowest BCUT2D eigenvalue weighted by molar-refractivity contribution is -0.274. The molecule has 0 radical (unpaired) electrons. The third-order valence-electron chi connectivity index (χ3n) is 7.66. The Kier molecular flexibility index (Phi) is 8.96. The predicted octanol–water partition coefficient (Wildman–Crippen LogP) is 8.76. The van der Waals surface area contributed by atoms with Crippen LogP contribution < -0.4 is 10.1 Å². The quantitative estimate of drug-likeness (QED) is 0.175. The summed E-state index contributed by atoms with van der Waals surface area (Å²) in [6.07, 6.45) is -4.76. The highest BCUT2D eigenvalue weighted by molar-refractivity contribution is 5.99. The van der Waals surface area contributed by atoms with Crippen LogP contribution in [0.25, 0.3) is 22.0 Å². The van der Waals surface area contributed by atoms with Gasteiger partial charge in [-0.15, -0.1) is 13.2 Å². The van der Waals surface area contributed by atoms with Crippen molar-refractivity contribution in [2.45, 2.75) is 59.7 Å². The first kappa shape index (κ1) is 32.3. The van der Waals surface area contributed by atoms with Gasteiger partial charge in [0.1, 0.15) is 11.4 Å². The molecule has 5 rings (SSSR count). The molecular weight excluding hydrogens is 593 g/mol. The summed E-state index contributed by atoms with van der Waals surface area (Å²) in [5.74, 6) is -0.966. The minimum atomic E-state index is -4.76. The number of carbonyl (C=O) groups is 2. The van der Waals surface area contributed by atoms with Crippen molar-refractivity contribution in [3.8, 4) is 16.9 Å². The molecule has 0 bridgehead atoms. The number of hydrogen-bond donors (Lipinski definition) is 1. The van der Waals surface area contributed by atoms with Crippen molar-refractivity contribution >= 4 is 22.8 Å². The van der Waals surface area contributed by atoms with Crippen molar-refractivity contribution in [3.63, 3.8) is 0 Å². The monoisotopic (exact) mass is 628 g/mol. The number of fused-ring (bicyclic) bond motifs is 1. The molecule has 0 saturated heterocycles. The predicted molar refractivity (Wildman–Crippen MR) is 172 cm³/mol. The summed E-state index contributed by atoms with van der Waals surface area (Å²) in [6, 6.07) is 26.5. The molecule has 0 aliphatic heterocycles. The average Bonchev–Trinajstić information content (AvgIpc) is 3.23. The van der Waals surface area contributed by atoms with Gasteiger partial charge in [-0.1, -0.05) is 54.6 Å². The molecule has 0 unspecified atom stereocenters. The first-order valence-corrected chi connectivity index (χ1v) is 14.8. The van der Waals surface area contributed by atoms with Gasteiger partial charge in [0.15, 0.2) is 0 Å². The first-order valence-electron chi connectivity index (χ1n) is 14.8. The van der Waals surface area contributed by atoms with Gasteiger partial charge in [0.2, 0.25) is 0 Å². The van der Waals surface area contributed by atoms with Crippen molar-refractivity contribution < 1.29 is 32.2 Å². The molecule has 0 atom stereocenters. The maximum absolute atomic E-state index is 13.0. The summed E-state index contributed by atoms with van der Waals surface area (Å²) < 4.78 is 49.0. The van der Waals surface area contributed by atoms with Crippen LogP contribution in [0, 0.1) is 13.8 Å². The molecule has 9 heteroatoms. The zero-order chi connectivity index (χ0) is 33.2. The van der Waals surface area contributed by atoms with Crippen molar-refractivity contribution in [3.05, 3.63) is 125 Å². The molecule has 46 heavy (non-hydrogen) atoms. The van der Waals surface area contributed by atoms with E-state index in [0.717, 1.165) is 38.9 Å². The third kappa shape index (κ3) is 7.59. The Morgan fingerprint density at radius 1 is 0.826 bits per heavy atom. The summed E-state index contributed by atoms with van der Waals surface area (Å²) in [7, 11) is 0. The Morgan fingerprint density at radius 3 is 2.13 bits per heavy atom. The highest BCUT2D eigenvalue weighted by Crippen LogP contribution is 2.30. The molecule has 1 amide bonds. The van der Waals surface area contributed by atoms with Gasteiger partial charge in [-0.25, -0.2) is 4.79 Å². The lowest BCUT2D eigenvalue weighted by Gasteiger charge is -2.20. The number of ether oxygens (including phenoxy) is 2. The number of rotatable bonds is 8. The summed E-state index contributed by atoms with van der Waals surface area (Å²) in [5, 5.41) is 3.79. The van der Waals surface area contributed by atoms with Crippen molar-refractivity contribution in [2.24, 2.45) is 0 Å². The number of aromatic nitrogens is 1. The Hall–Kier alpha value is -5.05. The summed E-state index contributed by atoms with van der Waals surface area (Å²) in [6.45, 7) is 10.4. The fraction of sp³-hybridized carbons (Fsp3) is 0.243. The van der Waals surface area contributed by atoms with Gasteiger partial charge < -0.3 is 19.4 Å². The maximum Gasteiger partial charge on any atom is 0.573 e. The second-order valence-corrected chi connectivity index (χ2v) is 12.1. The second kappa shape index (κ2) is 12.7. The summed E-state index contributed by atoms with van der Waals surface area (Å²) in [5.41, 5.74) is 6.97. The Morgan fingerprint density at radius 2 is 1.48 bits per heavy atom. The zero-order valence-electron chi connectivity index (χ0n) is 26.3. The topological polar surface area (TPSA) is 69.6 Å². The Bertz CT molecular complexity index is 1880. The van der Waals surface area contributed by atoms with Crippen LogP contribution in [0.3, 0.4) is 0 Å². The maximum atomic E-state index is 13.0. The van der Waals surface area contributed by atoms with E-state index in [1.165, 1.54) is 24.3 Å². The third-order valence-corrected chi connectivity index (χ3v) is 7.66. The smallest absolute Gasteiger partial charge is 0.456 e. The molecule has 1 heterocycles. The van der Waals surface area contributed by atoms with Crippen LogP contribution in [0.5, 0.6) is 5.75 Å². The van der Waals surface area contributed by atoms with Crippen LogP contribution in [0.1, 0.15) is 63.9 Å². The largest absolute Gasteiger partial charge is 0.573 e. The normalized spacial score (nSPS) is 11.8. The van der Waals surface area contributed by atoms with Crippen LogP contribution in [-0.2, 0) is 17.8 Å². The molecule has 0 spiro atoms. The van der Waals surface area contributed by atoms with E-state index in [0.29, 0.717) is 23.2 Å². The summed E-state index contributed by atoms with van der Waals surface area (Å²) >= 11 is 0. The first-order chi connectivity index (χ1) is 21.7. The number of hydrogen-bond acceptors (Lipinski definition) is 4. The number of aryl methyl sites for hydroxylation is 1. The molecule has 0 aliphatic carbocycles. The van der Waals surface area contributed by atoms with Crippen molar-refractivity contribution in [1.29, 1.82) is 0 Å². The number of halogens is 3. The van der Waals surface area contributed by atoms with E-state index in [9.17, 15) is 22.8 Å². The van der Waals surface area contributed by atoms with Gasteiger partial charge in [0.25, 0.3) is 5.91 Å². The molecule has 4 aromatic carbocycles. The Balaban J connectivity index is 1.30. The number of amides is 1. The van der Waals surface area contributed by atoms with Gasteiger partial charge in [-0.3, -0.25) is 4.79 Å². The van der Waals surface area contributed by atoms with E-state index in [-0.39, 0.29) is 24.2 Å². The van der Waals surface area contributed by atoms with Crippen LogP contribution in [0.15, 0.2) is 91.0 Å². The molecule has 1 aromatic heterocycles. The highest BCUT2D eigenvalue weighted by Gasteiger charge is 2.31. The molecule has 0 aliphatic rings. The van der Waals surface area contributed by atoms with E-state index < -0.39 is 12.0 Å². The zero-order valence-corrected chi connectivity index (χ0v) is 26.3. The fourth-order valence-electron chi connectivity index (χ4n) is 5.31. The average molecular weight is 629 g/mol. The lowest BCUT2D eigenvalue weighted by atomic mass is 9.98. The lowest BCUT2D eigenvalue weighted by Crippen LogP contribution is -2.24. The van der Waals surface area contributed by atoms with E-state index in [2.05, 4.69) is 14.6 Å². The second-order valence-electron chi connectivity index (χ2n) is 12.1. The van der Waals surface area contributed by atoms with E-state index >= 15 is 0 Å². The number of benzene rings is 4. The van der Waals surface area contributed by atoms with E-state index in [1.54, 1.807) is 12.1 Å². The van der Waals surface area contributed by atoms with Gasteiger partial charge in [-0.05, 0) is 98.8 Å². The molecule has 5 aromatic rings. The number of alkyl halides is 3. The standard InChI is InChI=1S/C37H35F3N2O4/c1-23-24(2)42(22-26-10-14-27(15-11-26)30-8-6-7-9-31(30)35(44)46-36(3,4)5)33-19-16-28(20-32(23)33)34(43)41-21-25-12-17-29(18-13-25)45-37(38,39)40/h6-20H,21-22H2,1-5H3,(H,41,43). The van der Waals surface area contributed by atoms with Crippen LogP contribution in [-0.4, -0.2) is 28.4 Å². The molecule has 6 nitrogen and oxygen atoms in total. The summed E-state index contributed by atoms with van der Waals surface area (Å²) in [4.78, 5) is 25.8. The van der Waals surface area contributed by atoms with E-state index in [4.69, 9.17) is 4.74 Å². The van der Waals surface area contributed by atoms with Crippen LogP contribution in [0.4, 0.5) is 13.2 Å². The molecule has 0 fully saturated rings. The minimum absolute atomic E-state index is 0.153. The van der Waals surface area contributed by atoms with Crippen molar-refractivity contribution in [1.82, 2.24) is 9.88 Å². The minimum Gasteiger partial charge on any atom is -0.456 e. The van der Waals surface area contributed by atoms with Gasteiger partial charge >= 0.3 is 12.3 Å². The van der Waals surface area contributed by atoms with Crippen molar-refractivity contribution in [2.75, 3.05) is 0 Å². The molecule has 1 N–H and O–H groups in total. The number of carbonyl (C=O) groups excluding carboxylic acids is 2. The number of nitrogens with one attached hydrogen (secondary N) is 1.